The zero-order chi connectivity index (χ0) is 8.34. The molecule has 0 aromatic heterocycles. The molecule has 0 nitrogen and oxygen atoms in total. The van der Waals surface area contributed by atoms with Crippen molar-refractivity contribution in [1.82, 2.24) is 0 Å². The van der Waals surface area contributed by atoms with E-state index in [0.717, 1.165) is 11.8 Å². The summed E-state index contributed by atoms with van der Waals surface area (Å²) in [4.78, 5) is 0. The first-order valence-corrected chi connectivity index (χ1v) is 5.14. The van der Waals surface area contributed by atoms with Gasteiger partial charge in [0.05, 0.1) is 0 Å². The molecule has 0 heterocycles. The molecule has 0 aliphatic heterocycles. The largest absolute Gasteiger partial charge is 0.102 e. The second-order valence-corrected chi connectivity index (χ2v) is 4.84. The molecule has 0 saturated heterocycles. The molecule has 0 heteroatoms. The summed E-state index contributed by atoms with van der Waals surface area (Å²) in [7, 11) is 0. The van der Waals surface area contributed by atoms with Crippen molar-refractivity contribution >= 4 is 0 Å². The van der Waals surface area contributed by atoms with Crippen molar-refractivity contribution in [2.75, 3.05) is 0 Å². The van der Waals surface area contributed by atoms with Crippen LogP contribution in [0.2, 0.25) is 0 Å². The molecule has 1 fully saturated rings. The first-order chi connectivity index (χ1) is 5.77. The van der Waals surface area contributed by atoms with Crippen molar-refractivity contribution in [2.45, 2.75) is 32.6 Å². The van der Waals surface area contributed by atoms with Crippen molar-refractivity contribution < 1.29 is 0 Å². The molecule has 0 spiro atoms. The number of allylic oxidation sites excluding steroid dienone is 3. The second-order valence-electron chi connectivity index (χ2n) is 4.84. The van der Waals surface area contributed by atoms with Crippen molar-refractivity contribution in [3.63, 3.8) is 0 Å². The lowest BCUT2D eigenvalue weighted by Crippen LogP contribution is -2.27. The molecule has 3 aliphatic carbocycles. The molecule has 64 valence electrons. The maximum atomic E-state index is 4.03. The Morgan fingerprint density at radius 1 is 1.58 bits per heavy atom. The van der Waals surface area contributed by atoms with Gasteiger partial charge in [-0.2, -0.15) is 0 Å². The minimum absolute atomic E-state index is 0.484. The summed E-state index contributed by atoms with van der Waals surface area (Å²) < 4.78 is 0. The van der Waals surface area contributed by atoms with Gasteiger partial charge < -0.3 is 0 Å². The molecule has 3 rings (SSSR count). The minimum Gasteiger partial charge on any atom is -0.102 e. The van der Waals surface area contributed by atoms with E-state index >= 15 is 0 Å². The van der Waals surface area contributed by atoms with Crippen LogP contribution in [0.25, 0.3) is 0 Å². The van der Waals surface area contributed by atoms with Crippen LogP contribution in [0.3, 0.4) is 0 Å². The summed E-state index contributed by atoms with van der Waals surface area (Å²) in [5.74, 6) is 1.84. The Morgan fingerprint density at radius 3 is 3.00 bits per heavy atom. The summed E-state index contributed by atoms with van der Waals surface area (Å²) >= 11 is 0. The van der Waals surface area contributed by atoms with Gasteiger partial charge in [0.15, 0.2) is 0 Å². The average molecular weight is 160 g/mol. The van der Waals surface area contributed by atoms with Crippen LogP contribution in [0.4, 0.5) is 0 Å². The zero-order valence-electron chi connectivity index (χ0n) is 7.77. The molecular weight excluding hydrogens is 144 g/mol. The maximum absolute atomic E-state index is 4.03. The van der Waals surface area contributed by atoms with Gasteiger partial charge >= 0.3 is 0 Å². The van der Waals surface area contributed by atoms with Crippen molar-refractivity contribution in [1.29, 1.82) is 0 Å². The van der Waals surface area contributed by atoms with Gasteiger partial charge in [-0.15, -0.1) is 6.58 Å². The molecule has 12 heavy (non-hydrogen) atoms. The Bertz CT molecular complexity index is 284. The van der Waals surface area contributed by atoms with Gasteiger partial charge in [-0.3, -0.25) is 0 Å². The molecule has 2 bridgehead atoms. The first kappa shape index (κ1) is 6.94. The highest BCUT2D eigenvalue weighted by atomic mass is 14.6. The lowest BCUT2D eigenvalue weighted by atomic mass is 9.65. The van der Waals surface area contributed by atoms with Crippen molar-refractivity contribution in [3.8, 4) is 0 Å². The topological polar surface area (TPSA) is 0 Å². The summed E-state index contributed by atoms with van der Waals surface area (Å²) in [6, 6.07) is 0. The number of hydrogen-bond donors (Lipinski definition) is 0. The Balaban J connectivity index is 2.12. The van der Waals surface area contributed by atoms with Crippen LogP contribution in [0.1, 0.15) is 32.6 Å². The van der Waals surface area contributed by atoms with E-state index in [1.807, 2.05) is 5.57 Å². The van der Waals surface area contributed by atoms with E-state index in [1.165, 1.54) is 25.7 Å². The van der Waals surface area contributed by atoms with Crippen LogP contribution in [-0.2, 0) is 0 Å². The van der Waals surface area contributed by atoms with E-state index in [9.17, 15) is 0 Å². The predicted octanol–water partition coefficient (Wildman–Crippen LogP) is 3.31. The van der Waals surface area contributed by atoms with E-state index in [2.05, 4.69) is 19.6 Å². The van der Waals surface area contributed by atoms with Gasteiger partial charge in [0.25, 0.3) is 0 Å². The maximum Gasteiger partial charge on any atom is 0.00996 e. The second kappa shape index (κ2) is 1.86. The Kier molecular flexibility index (Phi) is 1.08. The highest BCUT2D eigenvalue weighted by Gasteiger charge is 2.54. The van der Waals surface area contributed by atoms with Gasteiger partial charge in [0.2, 0.25) is 0 Å². The first-order valence-electron chi connectivity index (χ1n) is 5.14. The van der Waals surface area contributed by atoms with Gasteiger partial charge in [-0.25, -0.2) is 0 Å². The molecule has 0 aromatic carbocycles. The number of rotatable bonds is 1. The van der Waals surface area contributed by atoms with Crippen LogP contribution < -0.4 is 0 Å². The fraction of sp³-hybridized carbons (Fsp3) is 0.667. The highest BCUT2D eigenvalue weighted by Crippen LogP contribution is 2.66. The van der Waals surface area contributed by atoms with Crippen LogP contribution in [0, 0.1) is 17.3 Å². The van der Waals surface area contributed by atoms with Crippen LogP contribution in [0.15, 0.2) is 23.8 Å². The van der Waals surface area contributed by atoms with Gasteiger partial charge in [0.1, 0.15) is 0 Å². The summed E-state index contributed by atoms with van der Waals surface area (Å²) in [5, 5.41) is 0. The van der Waals surface area contributed by atoms with Crippen LogP contribution in [0.5, 0.6) is 0 Å². The third-order valence-corrected chi connectivity index (χ3v) is 4.33. The highest BCUT2D eigenvalue weighted by molar-refractivity contribution is 5.46. The van der Waals surface area contributed by atoms with E-state index in [-0.39, 0.29) is 0 Å². The molecule has 0 aromatic rings. The molecule has 1 saturated carbocycles. The molecule has 0 amide bonds. The standard InChI is InChI=1S/C12H16/c1-3-12-5-4-9(7-12)10-6-8(2)11(10)12/h3,8-9H,1,4-7H2,2H3. The number of hydrogen-bond acceptors (Lipinski definition) is 0. The summed E-state index contributed by atoms with van der Waals surface area (Å²) in [6.45, 7) is 6.41. The van der Waals surface area contributed by atoms with Crippen LogP contribution in [-0.4, -0.2) is 0 Å². The van der Waals surface area contributed by atoms with Gasteiger partial charge in [-0.05, 0) is 37.5 Å². The predicted molar refractivity (Wildman–Crippen MR) is 50.8 cm³/mol. The normalized spacial score (nSPS) is 49.1. The Hall–Kier alpha value is -0.520. The summed E-state index contributed by atoms with van der Waals surface area (Å²) in [6.07, 6.45) is 7.88. The quantitative estimate of drug-likeness (QED) is 0.516. The zero-order valence-corrected chi connectivity index (χ0v) is 7.77. The molecule has 0 radical (unpaired) electrons. The Labute approximate surface area is 74.4 Å². The average Bonchev–Trinajstić information content (AvgIpc) is 2.55. The van der Waals surface area contributed by atoms with E-state index < -0.39 is 0 Å². The molecule has 3 atom stereocenters. The lowest BCUT2D eigenvalue weighted by Gasteiger charge is -2.40. The SMILES string of the molecule is C=CC12CCC(C1)C1=C2C(C)C1. The van der Waals surface area contributed by atoms with Gasteiger partial charge in [0, 0.05) is 5.41 Å². The third kappa shape index (κ3) is 0.542. The fourth-order valence-electron chi connectivity index (χ4n) is 3.84. The van der Waals surface area contributed by atoms with Gasteiger partial charge in [-0.1, -0.05) is 24.1 Å². The molecular formula is C12H16. The summed E-state index contributed by atoms with van der Waals surface area (Å²) in [5.41, 5.74) is 4.11. The van der Waals surface area contributed by atoms with E-state index in [4.69, 9.17) is 0 Å². The Morgan fingerprint density at radius 2 is 2.42 bits per heavy atom. The molecule has 3 aliphatic rings. The fourth-order valence-corrected chi connectivity index (χ4v) is 3.84. The third-order valence-electron chi connectivity index (χ3n) is 4.33. The monoisotopic (exact) mass is 160 g/mol. The smallest absolute Gasteiger partial charge is 0.00996 e. The van der Waals surface area contributed by atoms with E-state index in [0.29, 0.717) is 5.41 Å². The van der Waals surface area contributed by atoms with Crippen LogP contribution >= 0.6 is 0 Å². The van der Waals surface area contributed by atoms with Crippen molar-refractivity contribution in [3.05, 3.63) is 23.8 Å². The van der Waals surface area contributed by atoms with E-state index in [1.54, 1.807) is 5.57 Å². The number of fused-ring (bicyclic) bond motifs is 4. The molecule has 0 N–H and O–H groups in total. The lowest BCUT2D eigenvalue weighted by molar-refractivity contribution is 0.393. The van der Waals surface area contributed by atoms with Crippen molar-refractivity contribution in [2.24, 2.45) is 17.3 Å². The molecule has 3 unspecified atom stereocenters. The minimum atomic E-state index is 0.484.